The van der Waals surface area contributed by atoms with Gasteiger partial charge in [-0.2, -0.15) is 5.10 Å². The Hall–Kier alpha value is -2.74. The molecule has 150 valence electrons. The molecule has 1 aromatic heterocycles. The number of fused-ring (bicyclic) bond motifs is 1. The molecule has 0 saturated carbocycles. The summed E-state index contributed by atoms with van der Waals surface area (Å²) >= 11 is 0. The number of aliphatic hydroxyl groups is 1. The number of nitrogens with zero attached hydrogens (tertiary/aromatic N) is 3. The lowest BCUT2D eigenvalue weighted by Gasteiger charge is -2.36. The van der Waals surface area contributed by atoms with Gasteiger partial charge >= 0.3 is 0 Å². The Morgan fingerprint density at radius 3 is 2.89 bits per heavy atom. The van der Waals surface area contributed by atoms with Crippen LogP contribution in [0.4, 0.5) is 0 Å². The highest BCUT2D eigenvalue weighted by atomic mass is 16.6. The van der Waals surface area contributed by atoms with Crippen LogP contribution in [0.1, 0.15) is 17.8 Å². The van der Waals surface area contributed by atoms with Crippen molar-refractivity contribution in [2.75, 3.05) is 26.3 Å². The van der Waals surface area contributed by atoms with Crippen LogP contribution in [0.5, 0.6) is 17.2 Å². The Labute approximate surface area is 163 Å². The third-order valence-corrected chi connectivity index (χ3v) is 5.07. The van der Waals surface area contributed by atoms with E-state index in [2.05, 4.69) is 5.10 Å². The molecule has 0 radical (unpaired) electrons. The monoisotopic (exact) mass is 387 g/mol. The van der Waals surface area contributed by atoms with E-state index in [9.17, 15) is 9.90 Å². The SMILES string of the molecule is Cc1cc(C)n(CC(=O)N2CC[C@@H](Oc3cccc4c3OCCO4)[C@H](O)C2)n1. The predicted molar refractivity (Wildman–Crippen MR) is 101 cm³/mol. The summed E-state index contributed by atoms with van der Waals surface area (Å²) < 4.78 is 19.0. The van der Waals surface area contributed by atoms with E-state index in [1.165, 1.54) is 0 Å². The smallest absolute Gasteiger partial charge is 0.244 e. The molecule has 3 heterocycles. The largest absolute Gasteiger partial charge is 0.486 e. The Kier molecular flexibility index (Phi) is 5.13. The Morgan fingerprint density at radius 2 is 2.14 bits per heavy atom. The quantitative estimate of drug-likeness (QED) is 0.851. The first kappa shape index (κ1) is 18.6. The van der Waals surface area contributed by atoms with Crippen molar-refractivity contribution >= 4 is 5.91 Å². The van der Waals surface area contributed by atoms with Crippen molar-refractivity contribution in [1.82, 2.24) is 14.7 Å². The minimum atomic E-state index is -0.779. The van der Waals surface area contributed by atoms with Crippen molar-refractivity contribution in [3.8, 4) is 17.2 Å². The zero-order chi connectivity index (χ0) is 19.7. The number of aromatic nitrogens is 2. The molecular weight excluding hydrogens is 362 g/mol. The predicted octanol–water partition coefficient (Wildman–Crippen LogP) is 1.31. The fourth-order valence-corrected chi connectivity index (χ4v) is 3.64. The molecule has 2 aromatic rings. The van der Waals surface area contributed by atoms with Gasteiger partial charge in [0.05, 0.1) is 12.2 Å². The molecule has 1 aromatic carbocycles. The first-order valence-electron chi connectivity index (χ1n) is 9.53. The van der Waals surface area contributed by atoms with Gasteiger partial charge in [0.1, 0.15) is 32.0 Å². The van der Waals surface area contributed by atoms with E-state index < -0.39 is 12.2 Å². The van der Waals surface area contributed by atoms with E-state index in [4.69, 9.17) is 14.2 Å². The number of carbonyl (C=O) groups excluding carboxylic acids is 1. The summed E-state index contributed by atoms with van der Waals surface area (Å²) in [7, 11) is 0. The highest BCUT2D eigenvalue weighted by Gasteiger charge is 2.33. The van der Waals surface area contributed by atoms with Gasteiger partial charge in [-0.25, -0.2) is 0 Å². The maximum absolute atomic E-state index is 12.6. The van der Waals surface area contributed by atoms with Crippen LogP contribution < -0.4 is 14.2 Å². The van der Waals surface area contributed by atoms with Crippen LogP contribution in [-0.4, -0.2) is 64.2 Å². The zero-order valence-corrected chi connectivity index (χ0v) is 16.1. The lowest BCUT2D eigenvalue weighted by Crippen LogP contribution is -2.51. The number of benzene rings is 1. The van der Waals surface area contributed by atoms with Crippen molar-refractivity contribution in [2.24, 2.45) is 0 Å². The van der Waals surface area contributed by atoms with Crippen molar-refractivity contribution in [3.63, 3.8) is 0 Å². The lowest BCUT2D eigenvalue weighted by molar-refractivity contribution is -0.137. The molecule has 1 N–H and O–H groups in total. The number of para-hydroxylation sites is 1. The van der Waals surface area contributed by atoms with Gasteiger partial charge in [0.2, 0.25) is 11.7 Å². The zero-order valence-electron chi connectivity index (χ0n) is 16.1. The number of hydrogen-bond acceptors (Lipinski definition) is 6. The molecule has 8 nitrogen and oxygen atoms in total. The van der Waals surface area contributed by atoms with Crippen LogP contribution in [0.15, 0.2) is 24.3 Å². The Morgan fingerprint density at radius 1 is 1.32 bits per heavy atom. The van der Waals surface area contributed by atoms with E-state index in [-0.39, 0.29) is 19.0 Å². The number of aliphatic hydroxyl groups excluding tert-OH is 1. The summed E-state index contributed by atoms with van der Waals surface area (Å²) in [5.41, 5.74) is 1.83. The summed E-state index contributed by atoms with van der Waals surface area (Å²) in [5.74, 6) is 1.72. The molecule has 0 unspecified atom stereocenters. The summed E-state index contributed by atoms with van der Waals surface area (Å²) in [4.78, 5) is 14.3. The van der Waals surface area contributed by atoms with Gasteiger partial charge in [-0.1, -0.05) is 6.07 Å². The highest BCUT2D eigenvalue weighted by Crippen LogP contribution is 2.40. The Bertz CT molecular complexity index is 866. The molecule has 2 aliphatic rings. The van der Waals surface area contributed by atoms with Crippen molar-refractivity contribution in [1.29, 1.82) is 0 Å². The van der Waals surface area contributed by atoms with E-state index in [1.54, 1.807) is 15.6 Å². The summed E-state index contributed by atoms with van der Waals surface area (Å²) in [6, 6.07) is 7.41. The lowest BCUT2D eigenvalue weighted by atomic mass is 10.0. The molecule has 0 spiro atoms. The molecule has 8 heteroatoms. The summed E-state index contributed by atoms with van der Waals surface area (Å²) in [6.07, 6.45) is -0.651. The van der Waals surface area contributed by atoms with E-state index >= 15 is 0 Å². The minimum absolute atomic E-state index is 0.0578. The van der Waals surface area contributed by atoms with E-state index in [1.807, 2.05) is 32.0 Å². The average molecular weight is 387 g/mol. The fourth-order valence-electron chi connectivity index (χ4n) is 3.64. The maximum atomic E-state index is 12.6. The van der Waals surface area contributed by atoms with Crippen molar-refractivity contribution < 1.29 is 24.1 Å². The minimum Gasteiger partial charge on any atom is -0.486 e. The maximum Gasteiger partial charge on any atom is 0.244 e. The van der Waals surface area contributed by atoms with Crippen molar-refractivity contribution in [3.05, 3.63) is 35.7 Å². The number of hydrogen-bond donors (Lipinski definition) is 1. The molecule has 1 saturated heterocycles. The number of β-amino-alcohol motifs (C(OH)–C–C–N with tert-alkyl or cyclic N) is 1. The molecule has 2 aliphatic heterocycles. The molecule has 0 bridgehead atoms. The van der Waals surface area contributed by atoms with Gasteiger partial charge in [-0.15, -0.1) is 0 Å². The van der Waals surface area contributed by atoms with Crippen molar-refractivity contribution in [2.45, 2.75) is 39.0 Å². The second-order valence-electron chi connectivity index (χ2n) is 7.22. The molecule has 0 aliphatic carbocycles. The van der Waals surface area contributed by atoms with Gasteiger partial charge in [0.15, 0.2) is 11.5 Å². The highest BCUT2D eigenvalue weighted by molar-refractivity contribution is 5.76. The van der Waals surface area contributed by atoms with Crippen LogP contribution in [-0.2, 0) is 11.3 Å². The number of carbonyl (C=O) groups is 1. The number of ether oxygens (including phenoxy) is 3. The van der Waals surface area contributed by atoms with Crippen LogP contribution in [0.2, 0.25) is 0 Å². The third-order valence-electron chi connectivity index (χ3n) is 5.07. The first-order chi connectivity index (χ1) is 13.5. The van der Waals surface area contributed by atoms with Gasteiger partial charge < -0.3 is 24.2 Å². The van der Waals surface area contributed by atoms with Crippen LogP contribution >= 0.6 is 0 Å². The first-order valence-corrected chi connectivity index (χ1v) is 9.53. The number of aryl methyl sites for hydroxylation is 2. The number of piperidine rings is 1. The summed E-state index contributed by atoms with van der Waals surface area (Å²) in [6.45, 7) is 5.73. The molecule has 4 rings (SSSR count). The fraction of sp³-hybridized carbons (Fsp3) is 0.500. The topological polar surface area (TPSA) is 86.1 Å². The molecule has 1 amide bonds. The van der Waals surface area contributed by atoms with Crippen LogP contribution in [0, 0.1) is 13.8 Å². The second kappa shape index (κ2) is 7.71. The molecule has 1 fully saturated rings. The molecular formula is C20H25N3O5. The number of amides is 1. The third kappa shape index (κ3) is 3.77. The van der Waals surface area contributed by atoms with Gasteiger partial charge in [-0.05, 0) is 32.0 Å². The second-order valence-corrected chi connectivity index (χ2v) is 7.22. The van der Waals surface area contributed by atoms with E-state index in [0.29, 0.717) is 43.4 Å². The van der Waals surface area contributed by atoms with Gasteiger partial charge in [-0.3, -0.25) is 9.48 Å². The normalized spacial score (nSPS) is 21.5. The standard InChI is InChI=1S/C20H25N3O5/c1-13-10-14(2)23(21-13)12-19(25)22-7-6-16(15(24)11-22)28-18-5-3-4-17-20(18)27-9-8-26-17/h3-5,10,15-16,24H,6-9,11-12H2,1-2H3/t15-,16-/m1/s1. The number of rotatable bonds is 4. The van der Waals surface area contributed by atoms with Crippen LogP contribution in [0.25, 0.3) is 0 Å². The summed E-state index contributed by atoms with van der Waals surface area (Å²) in [5, 5.41) is 14.9. The molecule has 2 atom stereocenters. The average Bonchev–Trinajstić information content (AvgIpc) is 3.00. The molecule has 28 heavy (non-hydrogen) atoms. The number of likely N-dealkylation sites (tertiary alicyclic amines) is 1. The Balaban J connectivity index is 1.38. The van der Waals surface area contributed by atoms with Crippen LogP contribution in [0.3, 0.4) is 0 Å². The van der Waals surface area contributed by atoms with Gasteiger partial charge in [0, 0.05) is 18.7 Å². The van der Waals surface area contributed by atoms with Gasteiger partial charge in [0.25, 0.3) is 0 Å². The van der Waals surface area contributed by atoms with E-state index in [0.717, 1.165) is 11.4 Å².